The number of ether oxygens (including phenoxy) is 1. The Morgan fingerprint density at radius 3 is 2.72 bits per heavy atom. The second-order valence-corrected chi connectivity index (χ2v) is 7.94. The molecule has 2 saturated heterocycles. The largest absolute Gasteiger partial charge is 0.415 e. The first-order chi connectivity index (χ1) is 12.0. The fourth-order valence-electron chi connectivity index (χ4n) is 4.20. The molecule has 2 aliphatic rings. The first-order valence-electron chi connectivity index (χ1n) is 8.85. The molecule has 0 saturated carbocycles. The summed E-state index contributed by atoms with van der Waals surface area (Å²) in [6.45, 7) is 4.74. The minimum absolute atomic E-state index is 0.229. The van der Waals surface area contributed by atoms with E-state index in [4.69, 9.17) is 4.74 Å². The molecule has 0 bridgehead atoms. The molecule has 2 aromatic rings. The number of benzene rings is 1. The number of hydrogen-bond acceptors (Lipinski definition) is 4. The maximum Gasteiger partial charge on any atom is 0.415 e. The number of hydrogen-bond donors (Lipinski definition) is 1. The first kappa shape index (κ1) is 16.4. The molecule has 1 N–H and O–H groups in total. The van der Waals surface area contributed by atoms with E-state index < -0.39 is 0 Å². The minimum atomic E-state index is -0.229. The molecule has 3 heterocycles. The quantitative estimate of drug-likeness (QED) is 0.924. The van der Waals surface area contributed by atoms with Crippen molar-refractivity contribution in [1.82, 2.24) is 19.7 Å². The van der Waals surface area contributed by atoms with Crippen molar-refractivity contribution in [2.45, 2.75) is 6.42 Å². The summed E-state index contributed by atoms with van der Waals surface area (Å²) >= 11 is 0. The van der Waals surface area contributed by atoms with Crippen molar-refractivity contribution in [2.75, 3.05) is 53.9 Å². The van der Waals surface area contributed by atoms with Crippen LogP contribution in [0.5, 0.6) is 5.75 Å². The van der Waals surface area contributed by atoms with Gasteiger partial charge in [-0.1, -0.05) is 6.07 Å². The predicted molar refractivity (Wildman–Crippen MR) is 98.1 cm³/mol. The molecule has 2 fully saturated rings. The van der Waals surface area contributed by atoms with E-state index in [0.29, 0.717) is 11.2 Å². The topological polar surface area (TPSA) is 51.8 Å². The molecule has 4 rings (SSSR count). The lowest BCUT2D eigenvalue weighted by Gasteiger charge is -2.58. The van der Waals surface area contributed by atoms with Crippen molar-refractivity contribution in [3.8, 4) is 5.75 Å². The van der Waals surface area contributed by atoms with Crippen molar-refractivity contribution in [3.63, 3.8) is 0 Å². The highest BCUT2D eigenvalue weighted by Gasteiger charge is 2.52. The zero-order valence-corrected chi connectivity index (χ0v) is 15.2. The number of carbonyl (C=O) groups excluding carboxylic acids is 1. The van der Waals surface area contributed by atoms with Gasteiger partial charge < -0.3 is 24.4 Å². The standard InChI is InChI=1S/C19H26N4O2/c1-21(2)8-7-14-9-20-15-5-4-6-16(17(14)15)25-18(24)23-12-19(13-23)10-22(3)11-19/h4-6,9,20H,7-8,10-13H2,1-3H3. The van der Waals surface area contributed by atoms with Crippen LogP contribution in [0.2, 0.25) is 0 Å². The van der Waals surface area contributed by atoms with Crippen LogP contribution in [0.15, 0.2) is 24.4 Å². The van der Waals surface area contributed by atoms with Crippen LogP contribution in [0.25, 0.3) is 10.9 Å². The third kappa shape index (κ3) is 3.00. The summed E-state index contributed by atoms with van der Waals surface area (Å²) in [7, 11) is 6.24. The maximum absolute atomic E-state index is 12.5. The van der Waals surface area contributed by atoms with E-state index in [1.807, 2.05) is 29.3 Å². The maximum atomic E-state index is 12.5. The van der Waals surface area contributed by atoms with Crippen LogP contribution < -0.4 is 4.74 Å². The average Bonchev–Trinajstić information content (AvgIpc) is 2.91. The highest BCUT2D eigenvalue weighted by Crippen LogP contribution is 2.39. The Bertz CT molecular complexity index is 784. The molecule has 134 valence electrons. The van der Waals surface area contributed by atoms with Crippen LogP contribution in [0.3, 0.4) is 0 Å². The smallest absolute Gasteiger partial charge is 0.409 e. The van der Waals surface area contributed by atoms with E-state index >= 15 is 0 Å². The van der Waals surface area contributed by atoms with Crippen molar-refractivity contribution in [3.05, 3.63) is 30.0 Å². The van der Waals surface area contributed by atoms with Gasteiger partial charge in [-0.25, -0.2) is 4.79 Å². The van der Waals surface area contributed by atoms with E-state index in [1.165, 1.54) is 5.56 Å². The Labute approximate surface area is 148 Å². The second-order valence-electron chi connectivity index (χ2n) is 7.94. The molecular formula is C19H26N4O2. The molecule has 0 atom stereocenters. The van der Waals surface area contributed by atoms with Gasteiger partial charge in [0.25, 0.3) is 0 Å². The molecule has 0 aliphatic carbocycles. The van der Waals surface area contributed by atoms with E-state index in [0.717, 1.165) is 50.0 Å². The Hall–Kier alpha value is -2.05. The summed E-state index contributed by atoms with van der Waals surface area (Å²) in [5.74, 6) is 0.657. The van der Waals surface area contributed by atoms with Gasteiger partial charge in [0.05, 0.1) is 0 Å². The van der Waals surface area contributed by atoms with Gasteiger partial charge in [0.15, 0.2) is 0 Å². The van der Waals surface area contributed by atoms with Crippen molar-refractivity contribution in [2.24, 2.45) is 5.41 Å². The number of aromatic amines is 1. The minimum Gasteiger partial charge on any atom is -0.409 e. The Balaban J connectivity index is 1.47. The van der Waals surface area contributed by atoms with Crippen molar-refractivity contribution in [1.29, 1.82) is 0 Å². The highest BCUT2D eigenvalue weighted by atomic mass is 16.6. The number of likely N-dealkylation sites (N-methyl/N-ethyl adjacent to an activating group) is 1. The molecule has 1 amide bonds. The Morgan fingerprint density at radius 2 is 2.04 bits per heavy atom. The lowest BCUT2D eigenvalue weighted by Crippen LogP contribution is -2.72. The molecule has 1 aromatic heterocycles. The average molecular weight is 342 g/mol. The summed E-state index contributed by atoms with van der Waals surface area (Å²) in [4.78, 5) is 22.1. The summed E-state index contributed by atoms with van der Waals surface area (Å²) in [5, 5.41) is 1.02. The number of carbonyl (C=O) groups is 1. The zero-order valence-electron chi connectivity index (χ0n) is 15.2. The molecule has 6 heteroatoms. The van der Waals surface area contributed by atoms with Crippen LogP contribution in [0.4, 0.5) is 4.79 Å². The zero-order chi connectivity index (χ0) is 17.6. The monoisotopic (exact) mass is 342 g/mol. The SMILES string of the molecule is CN(C)CCc1c[nH]c2cccc(OC(=O)N3CC4(CN(C)C4)C3)c12. The van der Waals surface area contributed by atoms with Gasteiger partial charge in [0.1, 0.15) is 5.75 Å². The lowest BCUT2D eigenvalue weighted by molar-refractivity contribution is -0.0890. The summed E-state index contributed by atoms with van der Waals surface area (Å²) < 4.78 is 5.77. The number of nitrogens with zero attached hydrogens (tertiary/aromatic N) is 3. The van der Waals surface area contributed by atoms with E-state index in [2.05, 4.69) is 35.9 Å². The van der Waals surface area contributed by atoms with Crippen molar-refractivity contribution < 1.29 is 9.53 Å². The molecule has 0 radical (unpaired) electrons. The van der Waals surface area contributed by atoms with Gasteiger partial charge >= 0.3 is 6.09 Å². The summed E-state index contributed by atoms with van der Waals surface area (Å²) in [6, 6.07) is 5.84. The fourth-order valence-corrected chi connectivity index (χ4v) is 4.20. The third-order valence-electron chi connectivity index (χ3n) is 5.30. The highest BCUT2D eigenvalue weighted by molar-refractivity contribution is 5.91. The predicted octanol–water partition coefficient (Wildman–Crippen LogP) is 2.02. The van der Waals surface area contributed by atoms with E-state index in [9.17, 15) is 4.79 Å². The van der Waals surface area contributed by atoms with Crippen LogP contribution in [0, 0.1) is 5.41 Å². The Kier molecular flexibility index (Phi) is 3.96. The van der Waals surface area contributed by atoms with Crippen LogP contribution >= 0.6 is 0 Å². The number of aromatic nitrogens is 1. The summed E-state index contributed by atoms with van der Waals surface area (Å²) in [6.07, 6.45) is 2.71. The molecule has 1 aromatic carbocycles. The van der Waals surface area contributed by atoms with Crippen LogP contribution in [-0.4, -0.2) is 79.6 Å². The molecule has 2 aliphatic heterocycles. The number of nitrogens with one attached hydrogen (secondary N) is 1. The molecular weight excluding hydrogens is 316 g/mol. The molecule has 25 heavy (non-hydrogen) atoms. The number of rotatable bonds is 4. The van der Waals surface area contributed by atoms with Gasteiger partial charge in [-0.2, -0.15) is 0 Å². The van der Waals surface area contributed by atoms with Crippen LogP contribution in [-0.2, 0) is 6.42 Å². The van der Waals surface area contributed by atoms with Gasteiger partial charge in [0, 0.05) is 55.2 Å². The summed E-state index contributed by atoms with van der Waals surface area (Å²) in [5.41, 5.74) is 2.53. The lowest BCUT2D eigenvalue weighted by atomic mass is 9.73. The molecule has 1 spiro atoms. The normalized spacial score (nSPS) is 19.3. The van der Waals surface area contributed by atoms with Gasteiger partial charge in [-0.15, -0.1) is 0 Å². The van der Waals surface area contributed by atoms with E-state index in [-0.39, 0.29) is 6.09 Å². The van der Waals surface area contributed by atoms with Gasteiger partial charge in [0.2, 0.25) is 0 Å². The van der Waals surface area contributed by atoms with Gasteiger partial charge in [-0.3, -0.25) is 0 Å². The number of likely N-dealkylation sites (tertiary alicyclic amines) is 2. The fraction of sp³-hybridized carbons (Fsp3) is 0.526. The van der Waals surface area contributed by atoms with E-state index in [1.54, 1.807) is 0 Å². The molecule has 6 nitrogen and oxygen atoms in total. The first-order valence-corrected chi connectivity index (χ1v) is 8.85. The van der Waals surface area contributed by atoms with Crippen molar-refractivity contribution >= 4 is 17.0 Å². The van der Waals surface area contributed by atoms with Crippen LogP contribution in [0.1, 0.15) is 5.56 Å². The van der Waals surface area contributed by atoms with Gasteiger partial charge in [-0.05, 0) is 45.3 Å². The second kappa shape index (κ2) is 6.04. The number of H-pyrrole nitrogens is 1. The Morgan fingerprint density at radius 1 is 1.28 bits per heavy atom. The molecule has 0 unspecified atom stereocenters. The number of amides is 1. The third-order valence-corrected chi connectivity index (χ3v) is 5.30. The number of fused-ring (bicyclic) bond motifs is 1.